The Kier molecular flexibility index (Phi) is 3.85. The molecule has 1 aromatic rings. The van der Waals surface area contributed by atoms with Crippen molar-refractivity contribution in [3.05, 3.63) is 29.3 Å². The number of nitrogens with two attached hydrogens (primary N) is 1. The van der Waals surface area contributed by atoms with E-state index in [1.165, 1.54) is 0 Å². The molecule has 1 atom stereocenters. The molecular weight excluding hydrogens is 242 g/mol. The predicted molar refractivity (Wildman–Crippen MR) is 74.0 cm³/mol. The molecule has 3 N–H and O–H groups in total. The van der Waals surface area contributed by atoms with Crippen molar-refractivity contribution in [3.63, 3.8) is 0 Å². The number of anilines is 1. The Morgan fingerprint density at radius 1 is 1.53 bits per heavy atom. The van der Waals surface area contributed by atoms with Crippen LogP contribution in [0.2, 0.25) is 0 Å². The van der Waals surface area contributed by atoms with E-state index in [1.807, 2.05) is 12.1 Å². The number of amides is 2. The van der Waals surface area contributed by atoms with E-state index in [0.717, 1.165) is 18.5 Å². The molecule has 1 heterocycles. The van der Waals surface area contributed by atoms with Gasteiger partial charge in [-0.2, -0.15) is 0 Å². The van der Waals surface area contributed by atoms with Gasteiger partial charge in [0.15, 0.2) is 0 Å². The molecule has 0 saturated carbocycles. The molecule has 0 aromatic heterocycles. The average molecular weight is 261 g/mol. The maximum absolute atomic E-state index is 12.0. The van der Waals surface area contributed by atoms with E-state index in [-0.39, 0.29) is 17.7 Å². The second-order valence-electron chi connectivity index (χ2n) is 4.97. The number of likely N-dealkylation sites (N-methyl/N-ethyl adjacent to an activating group) is 1. The third-order valence-corrected chi connectivity index (χ3v) is 3.47. The topological polar surface area (TPSA) is 75.4 Å². The molecule has 5 heteroatoms. The number of benzene rings is 1. The van der Waals surface area contributed by atoms with Crippen LogP contribution in [0.5, 0.6) is 0 Å². The Labute approximate surface area is 112 Å². The van der Waals surface area contributed by atoms with E-state index in [4.69, 9.17) is 5.73 Å². The van der Waals surface area contributed by atoms with Gasteiger partial charge in [-0.3, -0.25) is 9.59 Å². The van der Waals surface area contributed by atoms with Gasteiger partial charge in [0.2, 0.25) is 5.91 Å². The molecule has 1 unspecified atom stereocenters. The molecule has 0 bridgehead atoms. The molecule has 0 saturated heterocycles. The maximum atomic E-state index is 12.0. The summed E-state index contributed by atoms with van der Waals surface area (Å²) in [7, 11) is 1.78. The minimum Gasteiger partial charge on any atom is -0.341 e. The van der Waals surface area contributed by atoms with Gasteiger partial charge >= 0.3 is 0 Å². The van der Waals surface area contributed by atoms with Crippen molar-refractivity contribution in [2.45, 2.75) is 13.3 Å². The van der Waals surface area contributed by atoms with Crippen LogP contribution in [0.3, 0.4) is 0 Å². The molecule has 1 aliphatic heterocycles. The van der Waals surface area contributed by atoms with Crippen molar-refractivity contribution < 1.29 is 9.59 Å². The zero-order valence-corrected chi connectivity index (χ0v) is 11.3. The summed E-state index contributed by atoms with van der Waals surface area (Å²) in [5.74, 6) is -0.363. The first-order valence-corrected chi connectivity index (χ1v) is 6.42. The molecule has 102 valence electrons. The predicted octanol–water partition coefficient (Wildman–Crippen LogP) is 0.848. The number of carbonyl (C=O) groups is 2. The van der Waals surface area contributed by atoms with Crippen LogP contribution in [0.4, 0.5) is 5.69 Å². The fraction of sp³-hybridized carbons (Fsp3) is 0.429. The maximum Gasteiger partial charge on any atom is 0.253 e. The standard InChI is InChI=1S/C14H19N3O2/c1-9(8-15)13(18)16-11-4-3-10-5-6-17(2)14(19)12(10)7-11/h3-4,7,9H,5-6,8,15H2,1-2H3,(H,16,18). The van der Waals surface area contributed by atoms with Crippen LogP contribution in [0, 0.1) is 5.92 Å². The SMILES string of the molecule is CC(CN)C(=O)Nc1ccc2c(c1)C(=O)N(C)CC2. The second-order valence-corrected chi connectivity index (χ2v) is 4.97. The van der Waals surface area contributed by atoms with Gasteiger partial charge in [-0.15, -0.1) is 0 Å². The van der Waals surface area contributed by atoms with Gasteiger partial charge in [0.1, 0.15) is 0 Å². The third-order valence-electron chi connectivity index (χ3n) is 3.47. The number of nitrogens with one attached hydrogen (secondary N) is 1. The monoisotopic (exact) mass is 261 g/mol. The number of hydrogen-bond acceptors (Lipinski definition) is 3. The van der Waals surface area contributed by atoms with E-state index < -0.39 is 0 Å². The van der Waals surface area contributed by atoms with Crippen molar-refractivity contribution in [3.8, 4) is 0 Å². The Morgan fingerprint density at radius 3 is 2.95 bits per heavy atom. The van der Waals surface area contributed by atoms with Crippen LogP contribution in [0.1, 0.15) is 22.8 Å². The summed E-state index contributed by atoms with van der Waals surface area (Å²) in [6.45, 7) is 2.81. The van der Waals surface area contributed by atoms with Crippen LogP contribution in [-0.4, -0.2) is 36.9 Å². The van der Waals surface area contributed by atoms with Gasteiger partial charge in [-0.05, 0) is 24.1 Å². The Balaban J connectivity index is 2.21. The van der Waals surface area contributed by atoms with Crippen molar-refractivity contribution in [2.24, 2.45) is 11.7 Å². The summed E-state index contributed by atoms with van der Waals surface area (Å²) in [5.41, 5.74) is 7.81. The lowest BCUT2D eigenvalue weighted by Gasteiger charge is -2.25. The highest BCUT2D eigenvalue weighted by molar-refractivity contribution is 5.99. The molecule has 1 aliphatic rings. The van der Waals surface area contributed by atoms with E-state index in [1.54, 1.807) is 24.9 Å². The minimum absolute atomic E-state index is 0.00391. The minimum atomic E-state index is -0.241. The Bertz CT molecular complexity index is 513. The van der Waals surface area contributed by atoms with Crippen molar-refractivity contribution in [1.29, 1.82) is 0 Å². The molecule has 5 nitrogen and oxygen atoms in total. The fourth-order valence-corrected chi connectivity index (χ4v) is 2.04. The van der Waals surface area contributed by atoms with E-state index in [0.29, 0.717) is 17.8 Å². The number of hydrogen-bond donors (Lipinski definition) is 2. The number of rotatable bonds is 3. The molecule has 0 fully saturated rings. The zero-order chi connectivity index (χ0) is 14.0. The van der Waals surface area contributed by atoms with Crippen LogP contribution in [-0.2, 0) is 11.2 Å². The molecule has 19 heavy (non-hydrogen) atoms. The van der Waals surface area contributed by atoms with Gasteiger partial charge in [-0.1, -0.05) is 13.0 Å². The molecule has 0 radical (unpaired) electrons. The first kappa shape index (κ1) is 13.5. The third kappa shape index (κ3) is 2.76. The van der Waals surface area contributed by atoms with Crippen LogP contribution >= 0.6 is 0 Å². The lowest BCUT2D eigenvalue weighted by Crippen LogP contribution is -2.34. The lowest BCUT2D eigenvalue weighted by atomic mass is 9.98. The van der Waals surface area contributed by atoms with Crippen LogP contribution < -0.4 is 11.1 Å². The lowest BCUT2D eigenvalue weighted by molar-refractivity contribution is -0.119. The van der Waals surface area contributed by atoms with Gasteiger partial charge in [-0.25, -0.2) is 0 Å². The van der Waals surface area contributed by atoms with Gasteiger partial charge in [0.25, 0.3) is 5.91 Å². The molecule has 2 amide bonds. The first-order chi connectivity index (χ1) is 9.02. The van der Waals surface area contributed by atoms with E-state index >= 15 is 0 Å². The van der Waals surface area contributed by atoms with Gasteiger partial charge < -0.3 is 16.0 Å². The van der Waals surface area contributed by atoms with E-state index in [9.17, 15) is 9.59 Å². The van der Waals surface area contributed by atoms with Crippen molar-refractivity contribution in [1.82, 2.24) is 4.90 Å². The Hall–Kier alpha value is -1.88. The van der Waals surface area contributed by atoms with Crippen molar-refractivity contribution >= 4 is 17.5 Å². The zero-order valence-electron chi connectivity index (χ0n) is 11.3. The fourth-order valence-electron chi connectivity index (χ4n) is 2.04. The van der Waals surface area contributed by atoms with Crippen LogP contribution in [0.15, 0.2) is 18.2 Å². The summed E-state index contributed by atoms with van der Waals surface area (Å²) in [6.07, 6.45) is 0.852. The molecule has 0 aliphatic carbocycles. The molecule has 2 rings (SSSR count). The molecule has 1 aromatic carbocycles. The van der Waals surface area contributed by atoms with E-state index in [2.05, 4.69) is 5.32 Å². The smallest absolute Gasteiger partial charge is 0.253 e. The summed E-state index contributed by atoms with van der Waals surface area (Å²) < 4.78 is 0. The number of fused-ring (bicyclic) bond motifs is 1. The normalized spacial score (nSPS) is 15.9. The number of nitrogens with zero attached hydrogens (tertiary/aromatic N) is 1. The summed E-state index contributed by atoms with van der Waals surface area (Å²) >= 11 is 0. The highest BCUT2D eigenvalue weighted by Crippen LogP contribution is 2.22. The first-order valence-electron chi connectivity index (χ1n) is 6.42. The summed E-state index contributed by atoms with van der Waals surface area (Å²) in [5, 5.41) is 2.79. The second kappa shape index (κ2) is 5.40. The van der Waals surface area contributed by atoms with Crippen molar-refractivity contribution in [2.75, 3.05) is 25.5 Å². The molecular formula is C14H19N3O2. The molecule has 0 spiro atoms. The summed E-state index contributed by atoms with van der Waals surface area (Å²) in [6, 6.07) is 5.48. The number of carbonyl (C=O) groups excluding carboxylic acids is 2. The van der Waals surface area contributed by atoms with Gasteiger partial charge in [0, 0.05) is 37.3 Å². The Morgan fingerprint density at radius 2 is 2.26 bits per heavy atom. The van der Waals surface area contributed by atoms with Gasteiger partial charge in [0.05, 0.1) is 0 Å². The quantitative estimate of drug-likeness (QED) is 0.847. The highest BCUT2D eigenvalue weighted by Gasteiger charge is 2.22. The van der Waals surface area contributed by atoms with Crippen LogP contribution in [0.25, 0.3) is 0 Å². The largest absolute Gasteiger partial charge is 0.341 e. The highest BCUT2D eigenvalue weighted by atomic mass is 16.2. The summed E-state index contributed by atoms with van der Waals surface area (Å²) in [4.78, 5) is 25.5. The average Bonchev–Trinajstić information content (AvgIpc) is 2.42.